The lowest BCUT2D eigenvalue weighted by Crippen LogP contribution is -2.22. The van der Waals surface area contributed by atoms with Gasteiger partial charge in [0.25, 0.3) is 0 Å². The standard InChI is InChI=1S/C14H19NO2/c1-2-11-4-3-5-12(8-11)9-15-7-6-13(10-15)14(16)17/h3-5,8,13H,2,6-7,9-10H2,1H3,(H,16,17). The van der Waals surface area contributed by atoms with Gasteiger partial charge in [-0.15, -0.1) is 0 Å². The highest BCUT2D eigenvalue weighted by Crippen LogP contribution is 2.19. The summed E-state index contributed by atoms with van der Waals surface area (Å²) >= 11 is 0. The van der Waals surface area contributed by atoms with Crippen LogP contribution in [-0.2, 0) is 17.8 Å². The number of benzene rings is 1. The molecular formula is C14H19NO2. The van der Waals surface area contributed by atoms with Crippen LogP contribution in [0.3, 0.4) is 0 Å². The lowest BCUT2D eigenvalue weighted by atomic mass is 10.1. The van der Waals surface area contributed by atoms with Crippen molar-refractivity contribution < 1.29 is 9.90 Å². The van der Waals surface area contributed by atoms with Crippen LogP contribution in [0.2, 0.25) is 0 Å². The Labute approximate surface area is 102 Å². The summed E-state index contributed by atoms with van der Waals surface area (Å²) in [6, 6.07) is 8.55. The van der Waals surface area contributed by atoms with E-state index in [1.54, 1.807) is 0 Å². The predicted molar refractivity (Wildman–Crippen MR) is 66.8 cm³/mol. The summed E-state index contributed by atoms with van der Waals surface area (Å²) in [4.78, 5) is 13.1. The first-order valence-corrected chi connectivity index (χ1v) is 6.22. The number of aryl methyl sites for hydroxylation is 1. The number of carboxylic acids is 1. The molecule has 0 bridgehead atoms. The van der Waals surface area contributed by atoms with Gasteiger partial charge in [0.2, 0.25) is 0 Å². The molecule has 1 fully saturated rings. The Balaban J connectivity index is 1.95. The minimum absolute atomic E-state index is 0.177. The third-order valence-corrected chi connectivity index (χ3v) is 3.43. The zero-order valence-corrected chi connectivity index (χ0v) is 10.2. The summed E-state index contributed by atoms with van der Waals surface area (Å²) in [5.74, 6) is -0.834. The Bertz CT molecular complexity index is 403. The second-order valence-electron chi connectivity index (χ2n) is 4.73. The molecule has 1 atom stereocenters. The van der Waals surface area contributed by atoms with E-state index in [4.69, 9.17) is 5.11 Å². The first-order valence-electron chi connectivity index (χ1n) is 6.22. The smallest absolute Gasteiger partial charge is 0.307 e. The summed E-state index contributed by atoms with van der Waals surface area (Å²) in [6.07, 6.45) is 1.83. The SMILES string of the molecule is CCc1cccc(CN2CCC(C(=O)O)C2)c1. The Hall–Kier alpha value is -1.35. The van der Waals surface area contributed by atoms with Gasteiger partial charge in [-0.25, -0.2) is 0 Å². The van der Waals surface area contributed by atoms with Gasteiger partial charge in [0.15, 0.2) is 0 Å². The molecule has 1 unspecified atom stereocenters. The Morgan fingerprint density at radius 3 is 2.88 bits per heavy atom. The van der Waals surface area contributed by atoms with Crippen molar-refractivity contribution in [1.29, 1.82) is 0 Å². The van der Waals surface area contributed by atoms with Crippen LogP contribution in [0.15, 0.2) is 24.3 Å². The molecule has 1 aliphatic heterocycles. The number of nitrogens with zero attached hydrogens (tertiary/aromatic N) is 1. The Kier molecular flexibility index (Phi) is 3.79. The van der Waals surface area contributed by atoms with Crippen molar-refractivity contribution in [2.75, 3.05) is 13.1 Å². The monoisotopic (exact) mass is 233 g/mol. The third kappa shape index (κ3) is 3.07. The first-order chi connectivity index (χ1) is 8.19. The molecule has 3 heteroatoms. The number of aliphatic carboxylic acids is 1. The quantitative estimate of drug-likeness (QED) is 0.866. The molecule has 3 nitrogen and oxygen atoms in total. The van der Waals surface area contributed by atoms with E-state index in [0.29, 0.717) is 6.54 Å². The van der Waals surface area contributed by atoms with E-state index in [2.05, 4.69) is 36.1 Å². The molecule has 1 aromatic rings. The molecular weight excluding hydrogens is 214 g/mol. The molecule has 0 radical (unpaired) electrons. The lowest BCUT2D eigenvalue weighted by Gasteiger charge is -2.15. The minimum atomic E-state index is -0.658. The molecule has 1 aromatic carbocycles. The summed E-state index contributed by atoms with van der Waals surface area (Å²) in [5.41, 5.74) is 2.63. The van der Waals surface area contributed by atoms with Crippen molar-refractivity contribution >= 4 is 5.97 Å². The molecule has 0 aliphatic carbocycles. The molecule has 0 amide bonds. The zero-order chi connectivity index (χ0) is 12.3. The van der Waals surface area contributed by atoms with Gasteiger partial charge in [0.05, 0.1) is 5.92 Å². The summed E-state index contributed by atoms with van der Waals surface area (Å²) in [5, 5.41) is 8.95. The van der Waals surface area contributed by atoms with Gasteiger partial charge >= 0.3 is 5.97 Å². The lowest BCUT2D eigenvalue weighted by molar-refractivity contribution is -0.141. The van der Waals surface area contributed by atoms with E-state index in [1.165, 1.54) is 11.1 Å². The fraction of sp³-hybridized carbons (Fsp3) is 0.500. The van der Waals surface area contributed by atoms with Crippen LogP contribution in [0, 0.1) is 5.92 Å². The summed E-state index contributed by atoms with van der Waals surface area (Å²) in [7, 11) is 0. The van der Waals surface area contributed by atoms with Crippen molar-refractivity contribution in [2.45, 2.75) is 26.3 Å². The van der Waals surface area contributed by atoms with Gasteiger partial charge in [-0.05, 0) is 30.5 Å². The molecule has 0 aromatic heterocycles. The highest BCUT2D eigenvalue weighted by Gasteiger charge is 2.27. The van der Waals surface area contributed by atoms with Crippen LogP contribution in [0.4, 0.5) is 0 Å². The molecule has 1 N–H and O–H groups in total. The van der Waals surface area contributed by atoms with Crippen LogP contribution in [0.5, 0.6) is 0 Å². The van der Waals surface area contributed by atoms with Crippen molar-refractivity contribution in [2.24, 2.45) is 5.92 Å². The summed E-state index contributed by atoms with van der Waals surface area (Å²) < 4.78 is 0. The normalized spacial score (nSPS) is 20.6. The van der Waals surface area contributed by atoms with Crippen molar-refractivity contribution in [3.05, 3.63) is 35.4 Å². The maximum absolute atomic E-state index is 10.9. The minimum Gasteiger partial charge on any atom is -0.481 e. The van der Waals surface area contributed by atoms with Gasteiger partial charge in [0, 0.05) is 13.1 Å². The first kappa shape index (κ1) is 12.1. The number of likely N-dealkylation sites (tertiary alicyclic amines) is 1. The fourth-order valence-electron chi connectivity index (χ4n) is 2.38. The highest BCUT2D eigenvalue weighted by atomic mass is 16.4. The van der Waals surface area contributed by atoms with Crippen LogP contribution in [-0.4, -0.2) is 29.1 Å². The average molecular weight is 233 g/mol. The molecule has 0 spiro atoms. The Morgan fingerprint density at radius 1 is 1.47 bits per heavy atom. The highest BCUT2D eigenvalue weighted by molar-refractivity contribution is 5.70. The summed E-state index contributed by atoms with van der Waals surface area (Å²) in [6.45, 7) is 4.60. The molecule has 17 heavy (non-hydrogen) atoms. The molecule has 2 rings (SSSR count). The van der Waals surface area contributed by atoms with Crippen LogP contribution in [0.25, 0.3) is 0 Å². The van der Waals surface area contributed by atoms with Crippen LogP contribution in [0.1, 0.15) is 24.5 Å². The number of carbonyl (C=O) groups is 1. The maximum Gasteiger partial charge on any atom is 0.307 e. The largest absolute Gasteiger partial charge is 0.481 e. The Morgan fingerprint density at radius 2 is 2.24 bits per heavy atom. The maximum atomic E-state index is 10.9. The van der Waals surface area contributed by atoms with Gasteiger partial charge in [-0.1, -0.05) is 31.2 Å². The number of hydrogen-bond acceptors (Lipinski definition) is 2. The number of carboxylic acid groups (broad SMARTS) is 1. The topological polar surface area (TPSA) is 40.5 Å². The van der Waals surface area contributed by atoms with E-state index in [9.17, 15) is 4.79 Å². The molecule has 92 valence electrons. The van der Waals surface area contributed by atoms with Gasteiger partial charge < -0.3 is 5.11 Å². The van der Waals surface area contributed by atoms with E-state index < -0.39 is 5.97 Å². The number of rotatable bonds is 4. The van der Waals surface area contributed by atoms with Gasteiger partial charge in [-0.2, -0.15) is 0 Å². The van der Waals surface area contributed by atoms with E-state index >= 15 is 0 Å². The molecule has 0 saturated carbocycles. The van der Waals surface area contributed by atoms with Crippen molar-refractivity contribution in [3.8, 4) is 0 Å². The van der Waals surface area contributed by atoms with Crippen LogP contribution < -0.4 is 0 Å². The molecule has 1 aliphatic rings. The van der Waals surface area contributed by atoms with Crippen LogP contribution >= 0.6 is 0 Å². The van der Waals surface area contributed by atoms with E-state index in [1.807, 2.05) is 0 Å². The number of hydrogen-bond donors (Lipinski definition) is 1. The molecule has 1 saturated heterocycles. The van der Waals surface area contributed by atoms with E-state index in [0.717, 1.165) is 25.9 Å². The zero-order valence-electron chi connectivity index (χ0n) is 10.2. The van der Waals surface area contributed by atoms with Gasteiger partial charge in [0.1, 0.15) is 0 Å². The van der Waals surface area contributed by atoms with Crippen molar-refractivity contribution in [3.63, 3.8) is 0 Å². The molecule has 1 heterocycles. The average Bonchev–Trinajstić information content (AvgIpc) is 2.78. The van der Waals surface area contributed by atoms with Gasteiger partial charge in [-0.3, -0.25) is 9.69 Å². The second-order valence-corrected chi connectivity index (χ2v) is 4.73. The predicted octanol–water partition coefficient (Wildman–Crippen LogP) is 2.16. The third-order valence-electron chi connectivity index (χ3n) is 3.43. The second kappa shape index (κ2) is 5.32. The fourth-order valence-corrected chi connectivity index (χ4v) is 2.38. The van der Waals surface area contributed by atoms with E-state index in [-0.39, 0.29) is 5.92 Å². The van der Waals surface area contributed by atoms with Crippen molar-refractivity contribution in [1.82, 2.24) is 4.90 Å².